The van der Waals surface area contributed by atoms with Gasteiger partial charge in [0.2, 0.25) is 11.8 Å². The molecule has 8 nitrogen and oxygen atoms in total. The number of para-hydroxylation sites is 1. The lowest BCUT2D eigenvalue weighted by Crippen LogP contribution is -2.52. The molecule has 2 aliphatic heterocycles. The largest absolute Gasteiger partial charge is 0.493 e. The van der Waals surface area contributed by atoms with E-state index in [1.807, 2.05) is 24.3 Å². The maximum absolute atomic E-state index is 12.0. The Hall–Kier alpha value is -2.04. The first-order valence-corrected chi connectivity index (χ1v) is 9.29. The van der Waals surface area contributed by atoms with Gasteiger partial charge < -0.3 is 25.6 Å². The number of likely N-dealkylation sites (N-methyl/N-ethyl adjacent to an activating group) is 1. The molecule has 2 aliphatic rings. The van der Waals surface area contributed by atoms with Crippen LogP contribution in [0.1, 0.15) is 30.9 Å². The molecule has 9 heteroatoms. The van der Waals surface area contributed by atoms with E-state index in [0.717, 1.165) is 24.2 Å². The highest BCUT2D eigenvalue weighted by Crippen LogP contribution is 2.31. The maximum atomic E-state index is 12.0. The highest BCUT2D eigenvalue weighted by molar-refractivity contribution is 14.0. The highest BCUT2D eigenvalue weighted by atomic mass is 127. The van der Waals surface area contributed by atoms with Crippen molar-refractivity contribution in [3.63, 3.8) is 0 Å². The monoisotopic (exact) mass is 501 g/mol. The van der Waals surface area contributed by atoms with E-state index < -0.39 is 0 Å². The Bertz CT molecular complexity index is 715. The minimum absolute atomic E-state index is 0. The number of benzene rings is 1. The number of carbonyl (C=O) groups is 2. The minimum Gasteiger partial charge on any atom is -0.493 e. The molecule has 3 N–H and O–H groups in total. The Morgan fingerprint density at radius 3 is 2.79 bits per heavy atom. The van der Waals surface area contributed by atoms with Crippen LogP contribution >= 0.6 is 24.0 Å². The van der Waals surface area contributed by atoms with E-state index in [0.29, 0.717) is 25.5 Å². The van der Waals surface area contributed by atoms with Crippen molar-refractivity contribution in [3.8, 4) is 5.75 Å². The molecule has 2 atom stereocenters. The topological polar surface area (TPSA) is 95.1 Å². The van der Waals surface area contributed by atoms with Crippen molar-refractivity contribution in [2.75, 3.05) is 33.8 Å². The smallest absolute Gasteiger partial charge is 0.243 e. The van der Waals surface area contributed by atoms with Gasteiger partial charge in [-0.3, -0.25) is 9.59 Å². The van der Waals surface area contributed by atoms with Crippen LogP contribution in [0.5, 0.6) is 5.75 Å². The van der Waals surface area contributed by atoms with Gasteiger partial charge in [-0.1, -0.05) is 18.2 Å². The van der Waals surface area contributed by atoms with Gasteiger partial charge in [0.1, 0.15) is 12.3 Å². The van der Waals surface area contributed by atoms with Crippen LogP contribution in [0.2, 0.25) is 0 Å². The quantitative estimate of drug-likeness (QED) is 0.326. The van der Waals surface area contributed by atoms with E-state index in [4.69, 9.17) is 4.74 Å². The summed E-state index contributed by atoms with van der Waals surface area (Å²) in [6.07, 6.45) is 2.03. The third-order valence-electron chi connectivity index (χ3n) is 4.75. The molecule has 1 aromatic rings. The lowest BCUT2D eigenvalue weighted by atomic mass is 10.0. The summed E-state index contributed by atoms with van der Waals surface area (Å²) in [7, 11) is 3.42. The van der Waals surface area contributed by atoms with Gasteiger partial charge in [0.05, 0.1) is 12.6 Å². The van der Waals surface area contributed by atoms with Crippen molar-refractivity contribution in [1.29, 1.82) is 0 Å². The zero-order valence-corrected chi connectivity index (χ0v) is 18.6. The van der Waals surface area contributed by atoms with E-state index in [9.17, 15) is 9.59 Å². The lowest BCUT2D eigenvalue weighted by molar-refractivity contribution is -0.127. The number of rotatable bonds is 4. The maximum Gasteiger partial charge on any atom is 0.243 e. The molecule has 3 rings (SSSR count). The van der Waals surface area contributed by atoms with Crippen LogP contribution in [0.15, 0.2) is 29.3 Å². The second-order valence-corrected chi connectivity index (χ2v) is 7.01. The van der Waals surface area contributed by atoms with E-state index in [-0.39, 0.29) is 54.4 Å². The first-order valence-electron chi connectivity index (χ1n) is 9.29. The number of hydrogen-bond donors (Lipinski definition) is 3. The van der Waals surface area contributed by atoms with Crippen LogP contribution < -0.4 is 20.7 Å². The number of ether oxygens (including phenoxy) is 1. The number of amides is 2. The van der Waals surface area contributed by atoms with Crippen molar-refractivity contribution >= 4 is 41.8 Å². The van der Waals surface area contributed by atoms with Gasteiger partial charge in [-0.2, -0.15) is 0 Å². The van der Waals surface area contributed by atoms with Crippen molar-refractivity contribution in [3.05, 3.63) is 29.8 Å². The predicted octanol–water partition coefficient (Wildman–Crippen LogP) is 1.03. The van der Waals surface area contributed by atoms with Crippen LogP contribution in [-0.4, -0.2) is 62.5 Å². The molecule has 1 aromatic carbocycles. The summed E-state index contributed by atoms with van der Waals surface area (Å²) in [5.74, 6) is 1.45. The second kappa shape index (κ2) is 10.5. The minimum atomic E-state index is -0.0691. The molecule has 28 heavy (non-hydrogen) atoms. The van der Waals surface area contributed by atoms with Gasteiger partial charge >= 0.3 is 0 Å². The van der Waals surface area contributed by atoms with Gasteiger partial charge in [-0.25, -0.2) is 4.99 Å². The fraction of sp³-hybridized carbons (Fsp3) is 0.526. The van der Waals surface area contributed by atoms with Gasteiger partial charge in [-0.15, -0.1) is 24.0 Å². The third-order valence-corrected chi connectivity index (χ3v) is 4.75. The SMILES string of the molecule is CN(C)C(=O)CN=C(NC1CCC(=O)NC1)NC1CCOc2ccccc21.I. The number of hydrogen-bond acceptors (Lipinski definition) is 4. The fourth-order valence-corrected chi connectivity index (χ4v) is 3.13. The Labute approximate surface area is 182 Å². The third kappa shape index (κ3) is 5.98. The molecule has 2 unspecified atom stereocenters. The number of guanidine groups is 1. The average molecular weight is 501 g/mol. The van der Waals surface area contributed by atoms with E-state index >= 15 is 0 Å². The van der Waals surface area contributed by atoms with Crippen molar-refractivity contribution in [2.45, 2.75) is 31.3 Å². The molecule has 0 spiro atoms. The van der Waals surface area contributed by atoms with E-state index in [2.05, 4.69) is 20.9 Å². The predicted molar refractivity (Wildman–Crippen MR) is 118 cm³/mol. The van der Waals surface area contributed by atoms with Gasteiger partial charge in [0.15, 0.2) is 5.96 Å². The summed E-state index contributed by atoms with van der Waals surface area (Å²) in [5, 5.41) is 9.66. The molecule has 0 radical (unpaired) electrons. The summed E-state index contributed by atoms with van der Waals surface area (Å²) >= 11 is 0. The number of carbonyl (C=O) groups excluding carboxylic acids is 2. The number of nitrogens with one attached hydrogen (secondary N) is 3. The Morgan fingerprint density at radius 1 is 1.29 bits per heavy atom. The molecule has 0 aliphatic carbocycles. The summed E-state index contributed by atoms with van der Waals surface area (Å²) in [5.41, 5.74) is 1.08. The fourth-order valence-electron chi connectivity index (χ4n) is 3.13. The average Bonchev–Trinajstić information content (AvgIpc) is 2.67. The first-order chi connectivity index (χ1) is 13.0. The van der Waals surface area contributed by atoms with Crippen LogP contribution in [-0.2, 0) is 9.59 Å². The molecular formula is C19H28IN5O3. The second-order valence-electron chi connectivity index (χ2n) is 7.01. The summed E-state index contributed by atoms with van der Waals surface area (Å²) < 4.78 is 5.72. The molecule has 0 bridgehead atoms. The van der Waals surface area contributed by atoms with Crippen LogP contribution in [0.4, 0.5) is 0 Å². The van der Waals surface area contributed by atoms with Gasteiger partial charge in [0, 0.05) is 45.1 Å². The number of fused-ring (bicyclic) bond motifs is 1. The summed E-state index contributed by atoms with van der Waals surface area (Å²) in [4.78, 5) is 29.3. The zero-order valence-electron chi connectivity index (χ0n) is 16.2. The zero-order chi connectivity index (χ0) is 19.2. The first kappa shape index (κ1) is 22.3. The standard InChI is InChI=1S/C19H27N5O3.HI/c1-24(2)18(26)12-21-19(22-13-7-8-17(25)20-11-13)23-15-9-10-27-16-6-4-3-5-14(15)16;/h3-6,13,15H,7-12H2,1-2H3,(H,20,25)(H2,21,22,23);1H. The number of aliphatic imine (C=N–C) groups is 1. The molecule has 2 amide bonds. The van der Waals surface area contributed by atoms with Gasteiger partial charge in [-0.05, 0) is 12.5 Å². The van der Waals surface area contributed by atoms with Crippen molar-refractivity contribution in [1.82, 2.24) is 20.9 Å². The molecule has 0 aromatic heterocycles. The Kier molecular flexibility index (Phi) is 8.34. The van der Waals surface area contributed by atoms with Crippen LogP contribution in [0, 0.1) is 0 Å². The molecule has 0 saturated carbocycles. The Balaban J connectivity index is 0.00000280. The van der Waals surface area contributed by atoms with Crippen molar-refractivity contribution < 1.29 is 14.3 Å². The van der Waals surface area contributed by atoms with Crippen LogP contribution in [0.3, 0.4) is 0 Å². The molecular weight excluding hydrogens is 473 g/mol. The van der Waals surface area contributed by atoms with E-state index in [1.54, 1.807) is 14.1 Å². The van der Waals surface area contributed by atoms with Crippen LogP contribution in [0.25, 0.3) is 0 Å². The molecule has 2 heterocycles. The number of nitrogens with zero attached hydrogens (tertiary/aromatic N) is 2. The van der Waals surface area contributed by atoms with E-state index in [1.165, 1.54) is 4.90 Å². The molecule has 154 valence electrons. The normalized spacial score (nSPS) is 21.4. The number of halogens is 1. The molecule has 1 fully saturated rings. The Morgan fingerprint density at radius 2 is 2.07 bits per heavy atom. The lowest BCUT2D eigenvalue weighted by Gasteiger charge is -2.30. The van der Waals surface area contributed by atoms with Crippen molar-refractivity contribution in [2.24, 2.45) is 4.99 Å². The highest BCUT2D eigenvalue weighted by Gasteiger charge is 2.24. The molecule has 1 saturated heterocycles. The van der Waals surface area contributed by atoms with Gasteiger partial charge in [0.25, 0.3) is 0 Å². The number of piperidine rings is 1. The summed E-state index contributed by atoms with van der Waals surface area (Å²) in [6, 6.07) is 8.07. The summed E-state index contributed by atoms with van der Waals surface area (Å²) in [6.45, 7) is 1.23.